The van der Waals surface area contributed by atoms with E-state index >= 15 is 0 Å². The molecule has 7 nitrogen and oxygen atoms in total. The Morgan fingerprint density at radius 3 is 2.48 bits per heavy atom. The number of benzene rings is 2. The summed E-state index contributed by atoms with van der Waals surface area (Å²) in [5.74, 6) is -0.126. The summed E-state index contributed by atoms with van der Waals surface area (Å²) in [4.78, 5) is 33.9. The summed E-state index contributed by atoms with van der Waals surface area (Å²) < 4.78 is 1.92. The minimum atomic E-state index is -0.416. The number of anilines is 1. The number of amides is 1. The van der Waals surface area contributed by atoms with Crippen molar-refractivity contribution in [2.75, 3.05) is 31.1 Å². The first-order chi connectivity index (χ1) is 15.8. The number of likely N-dealkylation sites (N-methyl/N-ethyl adjacent to an activating group) is 1. The zero-order chi connectivity index (χ0) is 23.7. The van der Waals surface area contributed by atoms with Crippen LogP contribution in [0.2, 0.25) is 0 Å². The lowest BCUT2D eigenvalue weighted by Gasteiger charge is -2.24. The van der Waals surface area contributed by atoms with Crippen molar-refractivity contribution in [1.29, 1.82) is 0 Å². The van der Waals surface area contributed by atoms with E-state index in [1.807, 2.05) is 6.92 Å². The highest BCUT2D eigenvalue weighted by molar-refractivity contribution is 7.23. The Labute approximate surface area is 200 Å². The molecule has 0 saturated carbocycles. The van der Waals surface area contributed by atoms with E-state index in [0.29, 0.717) is 21.9 Å². The summed E-state index contributed by atoms with van der Waals surface area (Å²) in [5.41, 5.74) is 3.21. The van der Waals surface area contributed by atoms with Crippen molar-refractivity contribution in [2.45, 2.75) is 27.7 Å². The quantitative estimate of drug-likeness (QED) is 0.226. The van der Waals surface area contributed by atoms with E-state index in [1.54, 1.807) is 17.0 Å². The molecule has 0 N–H and O–H groups in total. The molecule has 9 heteroatoms. The van der Waals surface area contributed by atoms with Crippen LogP contribution in [0.5, 0.6) is 0 Å². The molecule has 1 amide bonds. The van der Waals surface area contributed by atoms with E-state index in [2.05, 4.69) is 37.8 Å². The summed E-state index contributed by atoms with van der Waals surface area (Å²) in [7, 11) is 0. The number of non-ortho nitro benzene ring substituents is 1. The van der Waals surface area contributed by atoms with Crippen LogP contribution in [0.3, 0.4) is 0 Å². The van der Waals surface area contributed by atoms with Gasteiger partial charge in [-0.15, -0.1) is 11.3 Å². The van der Waals surface area contributed by atoms with E-state index in [1.165, 1.54) is 40.4 Å². The molecule has 0 fully saturated rings. The van der Waals surface area contributed by atoms with Crippen LogP contribution in [-0.2, 0) is 0 Å². The molecule has 0 spiro atoms. The maximum Gasteiger partial charge on any atom is 0.270 e. The molecule has 2 heterocycles. The number of aryl methyl sites for hydroxylation is 2. The monoisotopic (exact) mass is 482 g/mol. The van der Waals surface area contributed by atoms with Crippen LogP contribution in [0.25, 0.3) is 20.3 Å². The van der Waals surface area contributed by atoms with Crippen molar-refractivity contribution >= 4 is 59.7 Å². The molecule has 2 aromatic heterocycles. The van der Waals surface area contributed by atoms with E-state index < -0.39 is 4.92 Å². The number of nitro groups is 1. The zero-order valence-corrected chi connectivity index (χ0v) is 20.8. The molecule has 4 aromatic rings. The van der Waals surface area contributed by atoms with Crippen LogP contribution in [0.15, 0.2) is 36.4 Å². The number of hydrogen-bond acceptors (Lipinski definition) is 7. The van der Waals surface area contributed by atoms with Crippen molar-refractivity contribution in [3.63, 3.8) is 0 Å². The Hall–Kier alpha value is -2.88. The van der Waals surface area contributed by atoms with Crippen molar-refractivity contribution in [1.82, 2.24) is 9.88 Å². The molecule has 0 saturated heterocycles. The zero-order valence-electron chi connectivity index (χ0n) is 19.1. The van der Waals surface area contributed by atoms with Gasteiger partial charge < -0.3 is 4.90 Å². The highest BCUT2D eigenvalue weighted by atomic mass is 32.1. The Morgan fingerprint density at radius 1 is 1.03 bits per heavy atom. The largest absolute Gasteiger partial charge is 0.302 e. The molecule has 0 bridgehead atoms. The number of hydrogen-bond donors (Lipinski definition) is 0. The van der Waals surface area contributed by atoms with Crippen molar-refractivity contribution in [3.05, 3.63) is 62.5 Å². The molecule has 33 heavy (non-hydrogen) atoms. The molecule has 0 radical (unpaired) electrons. The van der Waals surface area contributed by atoms with Gasteiger partial charge in [-0.2, -0.15) is 0 Å². The number of nitrogens with zero attached hydrogens (tertiary/aromatic N) is 4. The number of carbonyl (C=O) groups is 1. The Kier molecular flexibility index (Phi) is 6.73. The number of nitro benzene ring substituents is 1. The molecule has 0 aliphatic rings. The van der Waals surface area contributed by atoms with Crippen LogP contribution in [-0.4, -0.2) is 46.9 Å². The van der Waals surface area contributed by atoms with Crippen LogP contribution in [0.4, 0.5) is 10.8 Å². The van der Waals surface area contributed by atoms with Gasteiger partial charge in [0.1, 0.15) is 0 Å². The summed E-state index contributed by atoms with van der Waals surface area (Å²) in [6.45, 7) is 11.4. The van der Waals surface area contributed by atoms with Gasteiger partial charge in [0.05, 0.1) is 20.0 Å². The SMILES string of the molecule is CCN(CC)CCN(C(=O)c1cc2cc([N+](=O)[O-])ccc2s1)c1nc2c(C)cc(C)cc2s1. The summed E-state index contributed by atoms with van der Waals surface area (Å²) in [5, 5.41) is 12.5. The molecule has 172 valence electrons. The highest BCUT2D eigenvalue weighted by Crippen LogP contribution is 2.34. The van der Waals surface area contributed by atoms with Crippen LogP contribution < -0.4 is 4.90 Å². The van der Waals surface area contributed by atoms with Gasteiger partial charge in [0.25, 0.3) is 11.6 Å². The van der Waals surface area contributed by atoms with Crippen LogP contribution in [0, 0.1) is 24.0 Å². The molecule has 0 aliphatic heterocycles. The number of fused-ring (bicyclic) bond motifs is 2. The lowest BCUT2D eigenvalue weighted by atomic mass is 10.1. The highest BCUT2D eigenvalue weighted by Gasteiger charge is 2.24. The second-order valence-corrected chi connectivity index (χ2v) is 10.1. The molecule has 0 aliphatic carbocycles. The molecular weight excluding hydrogens is 456 g/mol. The summed E-state index contributed by atoms with van der Waals surface area (Å²) >= 11 is 2.88. The summed E-state index contributed by atoms with van der Waals surface area (Å²) in [6, 6.07) is 10.7. The predicted molar refractivity (Wildman–Crippen MR) is 137 cm³/mol. The number of thiazole rings is 1. The second-order valence-electron chi connectivity index (χ2n) is 8.00. The Balaban J connectivity index is 1.74. The third-order valence-electron chi connectivity index (χ3n) is 5.75. The minimum absolute atomic E-state index is 0.0229. The molecular formula is C24H26N4O3S2. The van der Waals surface area contributed by atoms with Crippen molar-refractivity contribution < 1.29 is 9.72 Å². The van der Waals surface area contributed by atoms with Crippen LogP contribution in [0.1, 0.15) is 34.6 Å². The first-order valence-electron chi connectivity index (χ1n) is 10.9. The molecule has 0 atom stereocenters. The van der Waals surface area contributed by atoms with E-state index in [4.69, 9.17) is 4.98 Å². The number of carbonyl (C=O) groups excluding carboxylic acids is 1. The van der Waals surface area contributed by atoms with Crippen molar-refractivity contribution in [2.24, 2.45) is 0 Å². The van der Waals surface area contributed by atoms with E-state index in [0.717, 1.165) is 40.1 Å². The predicted octanol–water partition coefficient (Wildman–Crippen LogP) is 6.02. The van der Waals surface area contributed by atoms with Gasteiger partial charge in [-0.05, 0) is 56.3 Å². The third kappa shape index (κ3) is 4.75. The Bertz CT molecular complexity index is 1340. The topological polar surface area (TPSA) is 79.6 Å². The maximum atomic E-state index is 13.7. The number of rotatable bonds is 8. The number of thiophene rings is 1. The van der Waals surface area contributed by atoms with Gasteiger partial charge in [-0.25, -0.2) is 4.98 Å². The van der Waals surface area contributed by atoms with Gasteiger partial charge in [-0.3, -0.25) is 19.8 Å². The lowest BCUT2D eigenvalue weighted by molar-refractivity contribution is -0.384. The van der Waals surface area contributed by atoms with Gasteiger partial charge in [0.15, 0.2) is 5.13 Å². The second kappa shape index (κ2) is 9.54. The normalized spacial score (nSPS) is 11.5. The molecule has 4 rings (SSSR count). The first-order valence-corrected chi connectivity index (χ1v) is 12.5. The smallest absolute Gasteiger partial charge is 0.270 e. The minimum Gasteiger partial charge on any atom is -0.302 e. The first kappa shape index (κ1) is 23.3. The standard InChI is InChI=1S/C24H26N4O3S2/c1-5-26(6-2)9-10-27(24-25-22-16(4)11-15(3)12-20(22)33-24)23(29)21-14-17-13-18(28(30)31)7-8-19(17)32-21/h7-8,11-14H,5-6,9-10H2,1-4H3. The van der Waals surface area contributed by atoms with Gasteiger partial charge in [0, 0.05) is 35.3 Å². The Morgan fingerprint density at radius 2 is 1.79 bits per heavy atom. The van der Waals surface area contributed by atoms with Crippen LogP contribution >= 0.6 is 22.7 Å². The fourth-order valence-electron chi connectivity index (χ4n) is 3.92. The summed E-state index contributed by atoms with van der Waals surface area (Å²) in [6.07, 6.45) is 0. The lowest BCUT2D eigenvalue weighted by Crippen LogP contribution is -2.38. The third-order valence-corrected chi connectivity index (χ3v) is 7.88. The molecule has 0 unspecified atom stereocenters. The molecule has 2 aromatic carbocycles. The number of aromatic nitrogens is 1. The van der Waals surface area contributed by atoms with Gasteiger partial charge >= 0.3 is 0 Å². The average molecular weight is 483 g/mol. The average Bonchev–Trinajstić information content (AvgIpc) is 3.40. The van der Waals surface area contributed by atoms with Gasteiger partial charge in [0.2, 0.25) is 0 Å². The van der Waals surface area contributed by atoms with Crippen molar-refractivity contribution in [3.8, 4) is 0 Å². The van der Waals surface area contributed by atoms with E-state index in [9.17, 15) is 14.9 Å². The maximum absolute atomic E-state index is 13.7. The van der Waals surface area contributed by atoms with Gasteiger partial charge in [-0.1, -0.05) is 31.3 Å². The fourth-order valence-corrected chi connectivity index (χ4v) is 6.08. The van der Waals surface area contributed by atoms with E-state index in [-0.39, 0.29) is 11.6 Å². The fraction of sp³-hybridized carbons (Fsp3) is 0.333.